The lowest BCUT2D eigenvalue weighted by molar-refractivity contribution is 0.194. The lowest BCUT2D eigenvalue weighted by atomic mass is 10.2. The largest absolute Gasteiger partial charge is 0.497 e. The number of ether oxygens (including phenoxy) is 2. The second kappa shape index (κ2) is 8.01. The lowest BCUT2D eigenvalue weighted by Crippen LogP contribution is -2.16. The smallest absolute Gasteiger partial charge is 0.119 e. The molecule has 22 heavy (non-hydrogen) atoms. The molecule has 0 aliphatic heterocycles. The number of nitrogens with one attached hydrogen (secondary N) is 1. The Labute approximate surface area is 133 Å². The monoisotopic (exact) mass is 302 g/mol. The van der Waals surface area contributed by atoms with Gasteiger partial charge < -0.3 is 19.4 Å². The minimum absolute atomic E-state index is 0.803. The normalized spacial score (nSPS) is 10.9. The summed E-state index contributed by atoms with van der Waals surface area (Å²) in [5.41, 5.74) is 5.03. The van der Waals surface area contributed by atoms with E-state index in [2.05, 4.69) is 41.9 Å². The van der Waals surface area contributed by atoms with Crippen molar-refractivity contribution in [1.82, 2.24) is 9.88 Å². The van der Waals surface area contributed by atoms with Crippen molar-refractivity contribution in [3.05, 3.63) is 47.3 Å². The van der Waals surface area contributed by atoms with Crippen LogP contribution in [0.2, 0.25) is 0 Å². The molecule has 0 radical (unpaired) electrons. The van der Waals surface area contributed by atoms with E-state index in [0.717, 1.165) is 31.9 Å². The third-order valence-electron chi connectivity index (χ3n) is 3.88. The summed E-state index contributed by atoms with van der Waals surface area (Å²) in [7, 11) is 3.43. The molecular formula is C18H26N2O2. The van der Waals surface area contributed by atoms with Gasteiger partial charge in [0.1, 0.15) is 5.75 Å². The Morgan fingerprint density at radius 3 is 2.45 bits per heavy atom. The Hall–Kier alpha value is -1.78. The molecule has 0 amide bonds. The summed E-state index contributed by atoms with van der Waals surface area (Å²) in [5, 5.41) is 3.47. The molecule has 0 aliphatic carbocycles. The van der Waals surface area contributed by atoms with E-state index in [1.165, 1.54) is 22.6 Å². The van der Waals surface area contributed by atoms with Crippen LogP contribution in [-0.2, 0) is 11.3 Å². The first kappa shape index (κ1) is 16.6. The van der Waals surface area contributed by atoms with E-state index in [1.54, 1.807) is 14.2 Å². The highest BCUT2D eigenvalue weighted by atomic mass is 16.5. The molecule has 0 fully saturated rings. The first-order valence-electron chi connectivity index (χ1n) is 7.69. The van der Waals surface area contributed by atoms with E-state index in [9.17, 15) is 0 Å². The average Bonchev–Trinajstić information content (AvgIpc) is 2.81. The third kappa shape index (κ3) is 3.90. The van der Waals surface area contributed by atoms with E-state index in [0.29, 0.717) is 0 Å². The summed E-state index contributed by atoms with van der Waals surface area (Å²) in [5.74, 6) is 0.881. The molecule has 1 aromatic carbocycles. The number of hydrogen-bond acceptors (Lipinski definition) is 3. The van der Waals surface area contributed by atoms with Crippen molar-refractivity contribution >= 4 is 0 Å². The summed E-state index contributed by atoms with van der Waals surface area (Å²) in [4.78, 5) is 0. The molecule has 0 saturated heterocycles. The summed E-state index contributed by atoms with van der Waals surface area (Å²) < 4.78 is 12.6. The van der Waals surface area contributed by atoms with Crippen LogP contribution in [0.1, 0.15) is 23.4 Å². The van der Waals surface area contributed by atoms with Crippen LogP contribution < -0.4 is 10.1 Å². The molecule has 2 aromatic rings. The van der Waals surface area contributed by atoms with Crippen molar-refractivity contribution in [2.24, 2.45) is 0 Å². The number of benzene rings is 1. The van der Waals surface area contributed by atoms with Crippen molar-refractivity contribution in [2.75, 3.05) is 27.4 Å². The van der Waals surface area contributed by atoms with Crippen LogP contribution in [0, 0.1) is 13.8 Å². The Morgan fingerprint density at radius 2 is 1.82 bits per heavy atom. The molecule has 0 unspecified atom stereocenters. The highest BCUT2D eigenvalue weighted by Gasteiger charge is 2.10. The van der Waals surface area contributed by atoms with E-state index in [-0.39, 0.29) is 0 Å². The number of rotatable bonds is 8. The number of methoxy groups -OCH3 is 2. The molecule has 1 aromatic heterocycles. The van der Waals surface area contributed by atoms with E-state index in [4.69, 9.17) is 9.47 Å². The van der Waals surface area contributed by atoms with Crippen LogP contribution in [0.15, 0.2) is 30.3 Å². The van der Waals surface area contributed by atoms with Gasteiger partial charge in [0.2, 0.25) is 0 Å². The summed E-state index contributed by atoms with van der Waals surface area (Å²) >= 11 is 0. The lowest BCUT2D eigenvalue weighted by Gasteiger charge is -2.11. The van der Waals surface area contributed by atoms with Gasteiger partial charge in [0, 0.05) is 37.3 Å². The minimum Gasteiger partial charge on any atom is -0.497 e. The van der Waals surface area contributed by atoms with Crippen LogP contribution in [0.4, 0.5) is 0 Å². The van der Waals surface area contributed by atoms with Gasteiger partial charge in [-0.2, -0.15) is 0 Å². The van der Waals surface area contributed by atoms with Crippen LogP contribution in [0.5, 0.6) is 5.75 Å². The van der Waals surface area contributed by atoms with E-state index >= 15 is 0 Å². The Bertz CT molecular complexity index is 588. The quantitative estimate of drug-likeness (QED) is 0.760. The third-order valence-corrected chi connectivity index (χ3v) is 3.88. The van der Waals surface area contributed by atoms with Gasteiger partial charge in [-0.15, -0.1) is 0 Å². The summed E-state index contributed by atoms with van der Waals surface area (Å²) in [6, 6.07) is 10.4. The fourth-order valence-electron chi connectivity index (χ4n) is 2.70. The van der Waals surface area contributed by atoms with Gasteiger partial charge in [-0.3, -0.25) is 0 Å². The Balaban J connectivity index is 2.09. The van der Waals surface area contributed by atoms with Gasteiger partial charge in [-0.1, -0.05) is 0 Å². The maximum atomic E-state index is 5.23. The van der Waals surface area contributed by atoms with Crippen molar-refractivity contribution < 1.29 is 9.47 Å². The maximum Gasteiger partial charge on any atom is 0.119 e. The average molecular weight is 302 g/mol. The van der Waals surface area contributed by atoms with Gasteiger partial charge in [0.15, 0.2) is 0 Å². The second-order valence-electron chi connectivity index (χ2n) is 5.45. The van der Waals surface area contributed by atoms with E-state index < -0.39 is 0 Å². The molecule has 1 N–H and O–H groups in total. The standard InChI is InChI=1S/C18H26N2O2/c1-14-12-16(13-19-10-5-11-21-3)15(2)20(14)17-6-8-18(22-4)9-7-17/h6-9,12,19H,5,10-11,13H2,1-4H3. The van der Waals surface area contributed by atoms with E-state index in [1.807, 2.05) is 12.1 Å². The fraction of sp³-hybridized carbons (Fsp3) is 0.444. The number of aryl methyl sites for hydroxylation is 1. The number of nitrogens with zero attached hydrogens (tertiary/aromatic N) is 1. The van der Waals surface area contributed by atoms with Crippen molar-refractivity contribution in [3.63, 3.8) is 0 Å². The van der Waals surface area contributed by atoms with Gasteiger partial charge >= 0.3 is 0 Å². The molecule has 0 aliphatic rings. The molecule has 4 nitrogen and oxygen atoms in total. The highest BCUT2D eigenvalue weighted by Crippen LogP contribution is 2.22. The topological polar surface area (TPSA) is 35.4 Å². The first-order chi connectivity index (χ1) is 10.7. The zero-order valence-electron chi connectivity index (χ0n) is 14.0. The van der Waals surface area contributed by atoms with Crippen LogP contribution in [0.3, 0.4) is 0 Å². The Morgan fingerprint density at radius 1 is 1.09 bits per heavy atom. The fourth-order valence-corrected chi connectivity index (χ4v) is 2.70. The van der Waals surface area contributed by atoms with Crippen molar-refractivity contribution in [1.29, 1.82) is 0 Å². The minimum atomic E-state index is 0.803. The molecule has 0 bridgehead atoms. The molecular weight excluding hydrogens is 276 g/mol. The molecule has 2 rings (SSSR count). The molecule has 0 atom stereocenters. The van der Waals surface area contributed by atoms with Crippen LogP contribution in [0.25, 0.3) is 5.69 Å². The second-order valence-corrected chi connectivity index (χ2v) is 5.45. The van der Waals surface area contributed by atoms with Crippen LogP contribution in [-0.4, -0.2) is 31.9 Å². The summed E-state index contributed by atoms with van der Waals surface area (Å²) in [6.45, 7) is 6.98. The highest BCUT2D eigenvalue weighted by molar-refractivity contribution is 5.43. The molecule has 0 spiro atoms. The van der Waals surface area contributed by atoms with Crippen molar-refractivity contribution in [3.8, 4) is 11.4 Å². The van der Waals surface area contributed by atoms with Gasteiger partial charge in [0.05, 0.1) is 7.11 Å². The molecule has 0 saturated carbocycles. The predicted octanol–water partition coefficient (Wildman–Crippen LogP) is 3.23. The van der Waals surface area contributed by atoms with Gasteiger partial charge in [0.25, 0.3) is 0 Å². The Kier molecular flexibility index (Phi) is 6.04. The SMILES string of the molecule is COCCCNCc1cc(C)n(-c2ccc(OC)cc2)c1C. The first-order valence-corrected chi connectivity index (χ1v) is 7.69. The molecule has 120 valence electrons. The zero-order chi connectivity index (χ0) is 15.9. The summed E-state index contributed by atoms with van der Waals surface area (Å²) in [6.07, 6.45) is 1.04. The molecule has 4 heteroatoms. The number of hydrogen-bond donors (Lipinski definition) is 1. The van der Waals surface area contributed by atoms with Crippen LogP contribution >= 0.6 is 0 Å². The van der Waals surface area contributed by atoms with Crippen molar-refractivity contribution in [2.45, 2.75) is 26.8 Å². The molecule has 1 heterocycles. The predicted molar refractivity (Wildman–Crippen MR) is 90.0 cm³/mol. The number of aromatic nitrogens is 1. The maximum absolute atomic E-state index is 5.23. The van der Waals surface area contributed by atoms with Gasteiger partial charge in [-0.05, 0) is 62.7 Å². The van der Waals surface area contributed by atoms with Gasteiger partial charge in [-0.25, -0.2) is 0 Å². The zero-order valence-corrected chi connectivity index (χ0v) is 14.0.